The molecule has 1 atom stereocenters. The van der Waals surface area contributed by atoms with E-state index >= 15 is 0 Å². The molecule has 0 fully saturated rings. The van der Waals surface area contributed by atoms with Gasteiger partial charge in [-0.25, -0.2) is 4.79 Å². The summed E-state index contributed by atoms with van der Waals surface area (Å²) in [6.07, 6.45) is 16.8. The van der Waals surface area contributed by atoms with Crippen molar-refractivity contribution in [3.63, 3.8) is 0 Å². The number of rotatable bonds is 16. The molecule has 0 aromatic rings. The second kappa shape index (κ2) is 16.5. The second-order valence-electron chi connectivity index (χ2n) is 6.02. The lowest BCUT2D eigenvalue weighted by atomic mass is 10.0. The Bertz CT molecular complexity index is 276. The fraction of sp³-hybridized carbons (Fsp3) is 0.833. The third kappa shape index (κ3) is 17.2. The van der Waals surface area contributed by atoms with Gasteiger partial charge >= 0.3 is 5.97 Å². The highest BCUT2D eigenvalue weighted by atomic mass is 16.4. The smallest absolute Gasteiger partial charge is 0.328 e. The minimum Gasteiger partial charge on any atom is -0.478 e. The zero-order chi connectivity index (χ0) is 16.5. The summed E-state index contributed by atoms with van der Waals surface area (Å²) in [5, 5.41) is 26.6. The number of unbranched alkanes of at least 4 members (excludes halogenated alkanes) is 11. The van der Waals surface area contributed by atoms with Gasteiger partial charge in [0.2, 0.25) is 0 Å². The molecule has 0 radical (unpaired) electrons. The average molecular weight is 314 g/mol. The summed E-state index contributed by atoms with van der Waals surface area (Å²) in [6, 6.07) is 0. The van der Waals surface area contributed by atoms with Crippen LogP contribution in [0.1, 0.15) is 83.5 Å². The molecule has 0 amide bonds. The van der Waals surface area contributed by atoms with Crippen molar-refractivity contribution in [1.82, 2.24) is 0 Å². The van der Waals surface area contributed by atoms with Crippen LogP contribution in [0.15, 0.2) is 12.2 Å². The maximum absolute atomic E-state index is 10.3. The van der Waals surface area contributed by atoms with E-state index in [-0.39, 0.29) is 0 Å². The standard InChI is InChI=1S/C18H34O4/c19-16-12-10-8-6-4-2-1-3-5-7-9-11-13-17(20)14-15-18(21)22/h14-15,17,19-20H,1-13,16H2,(H,21,22). The number of carboxylic acid groups (broad SMARTS) is 1. The summed E-state index contributed by atoms with van der Waals surface area (Å²) in [5.74, 6) is -1.01. The molecule has 0 saturated carbocycles. The molecule has 0 aromatic carbocycles. The maximum Gasteiger partial charge on any atom is 0.328 e. The Morgan fingerprint density at radius 3 is 1.59 bits per heavy atom. The number of hydrogen-bond acceptors (Lipinski definition) is 3. The third-order valence-corrected chi connectivity index (χ3v) is 3.87. The highest BCUT2D eigenvalue weighted by Gasteiger charge is 2.00. The Hall–Kier alpha value is -0.870. The molecule has 0 rings (SSSR count). The number of aliphatic carboxylic acids is 1. The largest absolute Gasteiger partial charge is 0.478 e. The van der Waals surface area contributed by atoms with Gasteiger partial charge in [0, 0.05) is 12.7 Å². The number of aliphatic hydroxyl groups is 2. The minimum absolute atomic E-state index is 0.326. The van der Waals surface area contributed by atoms with E-state index in [0.29, 0.717) is 13.0 Å². The topological polar surface area (TPSA) is 77.8 Å². The molecule has 0 heterocycles. The summed E-state index contributed by atoms with van der Waals surface area (Å²) < 4.78 is 0. The van der Waals surface area contributed by atoms with Crippen molar-refractivity contribution >= 4 is 5.97 Å². The molecule has 4 nitrogen and oxygen atoms in total. The first-order chi connectivity index (χ1) is 10.7. The van der Waals surface area contributed by atoms with E-state index in [1.807, 2.05) is 0 Å². The van der Waals surface area contributed by atoms with Gasteiger partial charge in [0.15, 0.2) is 0 Å². The molecule has 3 N–H and O–H groups in total. The molecule has 0 aromatic heterocycles. The Morgan fingerprint density at radius 2 is 1.18 bits per heavy atom. The summed E-state index contributed by atoms with van der Waals surface area (Å²) in [7, 11) is 0. The normalized spacial score (nSPS) is 12.8. The van der Waals surface area contributed by atoms with Crippen LogP contribution in [0, 0.1) is 0 Å². The highest BCUT2D eigenvalue weighted by molar-refractivity contribution is 5.79. The van der Waals surface area contributed by atoms with E-state index in [9.17, 15) is 9.90 Å². The molecule has 4 heteroatoms. The molecule has 0 bridgehead atoms. The molecule has 1 unspecified atom stereocenters. The van der Waals surface area contributed by atoms with E-state index in [4.69, 9.17) is 10.2 Å². The van der Waals surface area contributed by atoms with Crippen LogP contribution in [0.4, 0.5) is 0 Å². The minimum atomic E-state index is -1.01. The van der Waals surface area contributed by atoms with Crippen LogP contribution in [0.3, 0.4) is 0 Å². The number of hydrogen-bond donors (Lipinski definition) is 3. The van der Waals surface area contributed by atoms with E-state index in [1.165, 1.54) is 57.4 Å². The van der Waals surface area contributed by atoms with Crippen LogP contribution in [-0.4, -0.2) is 34.0 Å². The van der Waals surface area contributed by atoms with Gasteiger partial charge in [-0.1, -0.05) is 70.6 Å². The van der Waals surface area contributed by atoms with Crippen molar-refractivity contribution in [2.45, 2.75) is 89.6 Å². The Kier molecular flexibility index (Phi) is 15.8. The first kappa shape index (κ1) is 21.1. The van der Waals surface area contributed by atoms with Gasteiger partial charge in [-0.3, -0.25) is 0 Å². The SMILES string of the molecule is O=C(O)C=CC(O)CCCCCCCCCCCCCCO. The van der Waals surface area contributed by atoms with Crippen LogP contribution >= 0.6 is 0 Å². The van der Waals surface area contributed by atoms with Crippen LogP contribution in [-0.2, 0) is 4.79 Å². The summed E-state index contributed by atoms with van der Waals surface area (Å²) >= 11 is 0. The molecule has 0 aliphatic carbocycles. The van der Waals surface area contributed by atoms with Crippen molar-refractivity contribution in [3.8, 4) is 0 Å². The van der Waals surface area contributed by atoms with Gasteiger partial charge in [0.05, 0.1) is 6.10 Å². The fourth-order valence-corrected chi connectivity index (χ4v) is 2.52. The fourth-order valence-electron chi connectivity index (χ4n) is 2.52. The van der Waals surface area contributed by atoms with E-state index in [1.54, 1.807) is 0 Å². The van der Waals surface area contributed by atoms with Crippen molar-refractivity contribution in [1.29, 1.82) is 0 Å². The van der Waals surface area contributed by atoms with Gasteiger partial charge in [-0.05, 0) is 18.9 Å². The third-order valence-electron chi connectivity index (χ3n) is 3.87. The summed E-state index contributed by atoms with van der Waals surface area (Å²) in [5.41, 5.74) is 0. The number of carbonyl (C=O) groups is 1. The van der Waals surface area contributed by atoms with Gasteiger partial charge in [-0.2, -0.15) is 0 Å². The molecule has 0 saturated heterocycles. The zero-order valence-electron chi connectivity index (χ0n) is 13.9. The molecular weight excluding hydrogens is 280 g/mol. The summed E-state index contributed by atoms with van der Waals surface area (Å²) in [6.45, 7) is 0.326. The van der Waals surface area contributed by atoms with Crippen molar-refractivity contribution in [3.05, 3.63) is 12.2 Å². The van der Waals surface area contributed by atoms with Crippen LogP contribution in [0.5, 0.6) is 0 Å². The van der Waals surface area contributed by atoms with E-state index < -0.39 is 12.1 Å². The average Bonchev–Trinajstić information content (AvgIpc) is 2.49. The second-order valence-corrected chi connectivity index (χ2v) is 6.02. The molecule has 130 valence electrons. The van der Waals surface area contributed by atoms with Crippen molar-refractivity contribution in [2.75, 3.05) is 6.61 Å². The Labute approximate surface area is 135 Å². The zero-order valence-corrected chi connectivity index (χ0v) is 13.9. The lowest BCUT2D eigenvalue weighted by Gasteiger charge is -2.05. The quantitative estimate of drug-likeness (QED) is 0.297. The number of aliphatic hydroxyl groups excluding tert-OH is 2. The monoisotopic (exact) mass is 314 g/mol. The van der Waals surface area contributed by atoms with E-state index in [0.717, 1.165) is 31.8 Å². The predicted octanol–water partition coefficient (Wildman–Crippen LogP) is 4.05. The number of carboxylic acids is 1. The van der Waals surface area contributed by atoms with Crippen LogP contribution < -0.4 is 0 Å². The first-order valence-electron chi connectivity index (χ1n) is 8.87. The van der Waals surface area contributed by atoms with Crippen LogP contribution in [0.25, 0.3) is 0 Å². The molecular formula is C18H34O4. The van der Waals surface area contributed by atoms with Crippen molar-refractivity contribution < 1.29 is 20.1 Å². The van der Waals surface area contributed by atoms with Gasteiger partial charge in [-0.15, -0.1) is 0 Å². The predicted molar refractivity (Wildman–Crippen MR) is 89.9 cm³/mol. The molecule has 0 aliphatic heterocycles. The summed E-state index contributed by atoms with van der Waals surface area (Å²) in [4.78, 5) is 10.3. The first-order valence-corrected chi connectivity index (χ1v) is 8.87. The molecule has 0 aliphatic rings. The van der Waals surface area contributed by atoms with Gasteiger partial charge < -0.3 is 15.3 Å². The van der Waals surface area contributed by atoms with Gasteiger partial charge in [0.25, 0.3) is 0 Å². The lowest BCUT2D eigenvalue weighted by Crippen LogP contribution is -2.03. The van der Waals surface area contributed by atoms with Gasteiger partial charge in [0.1, 0.15) is 0 Å². The molecule has 22 heavy (non-hydrogen) atoms. The maximum atomic E-state index is 10.3. The van der Waals surface area contributed by atoms with E-state index in [2.05, 4.69) is 0 Å². The Balaban J connectivity index is 3.15. The Morgan fingerprint density at radius 1 is 0.773 bits per heavy atom. The molecule has 0 spiro atoms. The lowest BCUT2D eigenvalue weighted by molar-refractivity contribution is -0.131. The van der Waals surface area contributed by atoms with Crippen molar-refractivity contribution in [2.24, 2.45) is 0 Å². The van der Waals surface area contributed by atoms with Crippen LogP contribution in [0.2, 0.25) is 0 Å². The highest BCUT2D eigenvalue weighted by Crippen LogP contribution is 2.13.